The van der Waals surface area contributed by atoms with Crippen molar-refractivity contribution >= 4 is 23.5 Å². The number of nitrogens with one attached hydrogen (secondary N) is 1. The molecule has 0 aliphatic rings. The minimum atomic E-state index is 0.283. The average molecular weight is 250 g/mol. The van der Waals surface area contributed by atoms with Crippen LogP contribution in [0.25, 0.3) is 0 Å². The number of nitrogens with two attached hydrogens (primary N) is 1. The lowest BCUT2D eigenvalue weighted by atomic mass is 10.5. The van der Waals surface area contributed by atoms with Crippen LogP contribution in [0, 0.1) is 0 Å². The standard InChI is InChI=1S/C11H14N4OS/c1-2-13-9-6-10(15-11(12)14-9)17-7-8-4-3-5-16-8/h3-6H,2,7H2,1H3,(H3,12,13,14,15). The molecule has 0 bridgehead atoms. The van der Waals surface area contributed by atoms with Gasteiger partial charge in [-0.15, -0.1) is 0 Å². The van der Waals surface area contributed by atoms with Crippen LogP contribution in [0.15, 0.2) is 33.9 Å². The topological polar surface area (TPSA) is 77.0 Å². The van der Waals surface area contributed by atoms with Crippen molar-refractivity contribution in [2.24, 2.45) is 0 Å². The summed E-state index contributed by atoms with van der Waals surface area (Å²) in [5.41, 5.74) is 5.64. The van der Waals surface area contributed by atoms with Gasteiger partial charge in [0, 0.05) is 12.6 Å². The fourth-order valence-corrected chi connectivity index (χ4v) is 2.14. The Kier molecular flexibility index (Phi) is 3.87. The molecule has 2 rings (SSSR count). The van der Waals surface area contributed by atoms with Gasteiger partial charge < -0.3 is 15.5 Å². The van der Waals surface area contributed by atoms with Gasteiger partial charge in [0.1, 0.15) is 16.6 Å². The van der Waals surface area contributed by atoms with Crippen molar-refractivity contribution in [3.05, 3.63) is 30.2 Å². The average Bonchev–Trinajstić information content (AvgIpc) is 2.79. The predicted octanol–water partition coefficient (Wildman–Crippen LogP) is 2.38. The van der Waals surface area contributed by atoms with Gasteiger partial charge in [0.05, 0.1) is 12.0 Å². The Bertz CT molecular complexity index is 472. The molecule has 0 aromatic carbocycles. The minimum absolute atomic E-state index is 0.283. The summed E-state index contributed by atoms with van der Waals surface area (Å²) in [5, 5.41) is 3.95. The highest BCUT2D eigenvalue weighted by Gasteiger charge is 2.04. The Morgan fingerprint density at radius 3 is 3.06 bits per heavy atom. The molecule has 0 saturated heterocycles. The molecule has 2 aromatic heterocycles. The highest BCUT2D eigenvalue weighted by molar-refractivity contribution is 7.98. The number of nitrogens with zero attached hydrogens (tertiary/aromatic N) is 2. The molecular weight excluding hydrogens is 236 g/mol. The van der Waals surface area contributed by atoms with Crippen molar-refractivity contribution in [1.29, 1.82) is 0 Å². The van der Waals surface area contributed by atoms with E-state index >= 15 is 0 Å². The summed E-state index contributed by atoms with van der Waals surface area (Å²) in [6.07, 6.45) is 1.66. The fourth-order valence-electron chi connectivity index (χ4n) is 1.33. The van der Waals surface area contributed by atoms with E-state index in [1.165, 1.54) is 0 Å². The quantitative estimate of drug-likeness (QED) is 0.626. The van der Waals surface area contributed by atoms with Crippen molar-refractivity contribution in [2.75, 3.05) is 17.6 Å². The number of nitrogen functional groups attached to an aromatic ring is 1. The van der Waals surface area contributed by atoms with Gasteiger partial charge in [0.25, 0.3) is 0 Å². The molecule has 0 saturated carbocycles. The SMILES string of the molecule is CCNc1cc(SCc2ccco2)nc(N)n1. The van der Waals surface area contributed by atoms with Crippen molar-refractivity contribution in [2.45, 2.75) is 17.7 Å². The highest BCUT2D eigenvalue weighted by atomic mass is 32.2. The minimum Gasteiger partial charge on any atom is -0.468 e. The summed E-state index contributed by atoms with van der Waals surface area (Å²) in [6, 6.07) is 5.69. The molecule has 0 radical (unpaired) electrons. The number of hydrogen-bond acceptors (Lipinski definition) is 6. The lowest BCUT2D eigenvalue weighted by Gasteiger charge is -2.05. The summed E-state index contributed by atoms with van der Waals surface area (Å²) < 4.78 is 5.25. The Balaban J connectivity index is 2.04. The zero-order valence-electron chi connectivity index (χ0n) is 9.51. The number of thioether (sulfide) groups is 1. The summed E-state index contributed by atoms with van der Waals surface area (Å²) in [4.78, 5) is 8.25. The first-order chi connectivity index (χ1) is 8.28. The third-order valence-electron chi connectivity index (χ3n) is 2.02. The van der Waals surface area contributed by atoms with Crippen LogP contribution in [0.5, 0.6) is 0 Å². The van der Waals surface area contributed by atoms with E-state index in [0.29, 0.717) is 0 Å². The second kappa shape index (κ2) is 5.58. The lowest BCUT2D eigenvalue weighted by Crippen LogP contribution is -2.03. The van der Waals surface area contributed by atoms with E-state index < -0.39 is 0 Å². The van der Waals surface area contributed by atoms with E-state index in [-0.39, 0.29) is 5.95 Å². The van der Waals surface area contributed by atoms with Crippen LogP contribution in [0.3, 0.4) is 0 Å². The van der Waals surface area contributed by atoms with E-state index in [1.807, 2.05) is 25.1 Å². The molecule has 2 aromatic rings. The smallest absolute Gasteiger partial charge is 0.223 e. The fraction of sp³-hybridized carbons (Fsp3) is 0.273. The summed E-state index contributed by atoms with van der Waals surface area (Å²) >= 11 is 1.57. The van der Waals surface area contributed by atoms with E-state index in [9.17, 15) is 0 Å². The number of aromatic nitrogens is 2. The Morgan fingerprint density at radius 1 is 1.47 bits per heavy atom. The largest absolute Gasteiger partial charge is 0.468 e. The second-order valence-corrected chi connectivity index (χ2v) is 4.34. The van der Waals surface area contributed by atoms with Gasteiger partial charge in [-0.2, -0.15) is 4.98 Å². The molecule has 0 spiro atoms. The van der Waals surface area contributed by atoms with Gasteiger partial charge >= 0.3 is 0 Å². The maximum atomic E-state index is 5.64. The normalized spacial score (nSPS) is 10.4. The maximum Gasteiger partial charge on any atom is 0.223 e. The Morgan fingerprint density at radius 2 is 2.35 bits per heavy atom. The first-order valence-electron chi connectivity index (χ1n) is 5.31. The molecule has 17 heavy (non-hydrogen) atoms. The second-order valence-electron chi connectivity index (χ2n) is 3.35. The van der Waals surface area contributed by atoms with Crippen LogP contribution in [0.2, 0.25) is 0 Å². The maximum absolute atomic E-state index is 5.64. The molecule has 5 nitrogen and oxygen atoms in total. The van der Waals surface area contributed by atoms with Crippen LogP contribution in [-0.2, 0) is 5.75 Å². The zero-order valence-corrected chi connectivity index (χ0v) is 10.3. The van der Waals surface area contributed by atoms with Crippen LogP contribution in [0.1, 0.15) is 12.7 Å². The van der Waals surface area contributed by atoms with E-state index in [0.717, 1.165) is 28.9 Å². The van der Waals surface area contributed by atoms with Crippen LogP contribution in [-0.4, -0.2) is 16.5 Å². The van der Waals surface area contributed by atoms with Crippen molar-refractivity contribution in [1.82, 2.24) is 9.97 Å². The highest BCUT2D eigenvalue weighted by Crippen LogP contribution is 2.23. The van der Waals surface area contributed by atoms with Gasteiger partial charge in [-0.3, -0.25) is 0 Å². The Hall–Kier alpha value is -1.69. The van der Waals surface area contributed by atoms with Gasteiger partial charge in [-0.1, -0.05) is 11.8 Å². The summed E-state index contributed by atoms with van der Waals surface area (Å²) in [6.45, 7) is 2.81. The molecule has 2 heterocycles. The molecule has 3 N–H and O–H groups in total. The molecule has 0 atom stereocenters. The Labute approximate surface area is 104 Å². The monoisotopic (exact) mass is 250 g/mol. The summed E-state index contributed by atoms with van der Waals surface area (Å²) in [7, 11) is 0. The molecule has 0 fully saturated rings. The lowest BCUT2D eigenvalue weighted by molar-refractivity contribution is 0.530. The van der Waals surface area contributed by atoms with Crippen LogP contribution < -0.4 is 11.1 Å². The molecular formula is C11H14N4OS. The summed E-state index contributed by atoms with van der Waals surface area (Å²) in [5.74, 6) is 2.68. The molecule has 0 aliphatic heterocycles. The third-order valence-corrected chi connectivity index (χ3v) is 2.95. The zero-order chi connectivity index (χ0) is 12.1. The number of rotatable bonds is 5. The van der Waals surface area contributed by atoms with Crippen LogP contribution >= 0.6 is 11.8 Å². The molecule has 0 amide bonds. The van der Waals surface area contributed by atoms with Crippen molar-refractivity contribution in [3.8, 4) is 0 Å². The molecule has 90 valence electrons. The predicted molar refractivity (Wildman–Crippen MR) is 68.9 cm³/mol. The first kappa shape index (κ1) is 11.8. The number of anilines is 2. The van der Waals surface area contributed by atoms with Gasteiger partial charge in [0.2, 0.25) is 5.95 Å². The van der Waals surface area contributed by atoms with E-state index in [4.69, 9.17) is 10.2 Å². The van der Waals surface area contributed by atoms with Gasteiger partial charge in [0.15, 0.2) is 0 Å². The molecule has 0 unspecified atom stereocenters. The van der Waals surface area contributed by atoms with E-state index in [1.54, 1.807) is 18.0 Å². The first-order valence-corrected chi connectivity index (χ1v) is 6.30. The van der Waals surface area contributed by atoms with Gasteiger partial charge in [-0.25, -0.2) is 4.98 Å². The third kappa shape index (κ3) is 3.39. The van der Waals surface area contributed by atoms with Crippen molar-refractivity contribution in [3.63, 3.8) is 0 Å². The number of furan rings is 1. The van der Waals surface area contributed by atoms with Crippen molar-refractivity contribution < 1.29 is 4.42 Å². The molecule has 6 heteroatoms. The molecule has 0 aliphatic carbocycles. The van der Waals surface area contributed by atoms with Gasteiger partial charge in [-0.05, 0) is 19.1 Å². The van der Waals surface area contributed by atoms with E-state index in [2.05, 4.69) is 15.3 Å². The van der Waals surface area contributed by atoms with Crippen LogP contribution in [0.4, 0.5) is 11.8 Å². The number of hydrogen-bond donors (Lipinski definition) is 2.